The lowest BCUT2D eigenvalue weighted by atomic mass is 10.1. The number of rotatable bonds is 4. The molecule has 1 aromatic heterocycles. The van der Waals surface area contributed by atoms with Gasteiger partial charge >= 0.3 is 5.97 Å². The highest BCUT2D eigenvalue weighted by Crippen LogP contribution is 2.70. The number of carbonyl (C=O) groups is 2. The van der Waals surface area contributed by atoms with Gasteiger partial charge in [-0.2, -0.15) is 0 Å². The van der Waals surface area contributed by atoms with Crippen LogP contribution in [0.15, 0.2) is 0 Å². The lowest BCUT2D eigenvalue weighted by molar-refractivity contribution is -0.117. The van der Waals surface area contributed by atoms with E-state index in [2.05, 4.69) is 5.32 Å². The molecule has 5 heteroatoms. The number of aryl methyl sites for hydroxylation is 1. The zero-order chi connectivity index (χ0) is 13.8. The van der Waals surface area contributed by atoms with Crippen LogP contribution in [0.1, 0.15) is 47.0 Å². The molecule has 2 aliphatic carbocycles. The van der Waals surface area contributed by atoms with Crippen LogP contribution in [0, 0.1) is 18.3 Å². The highest BCUT2D eigenvalue weighted by atomic mass is 32.1. The van der Waals surface area contributed by atoms with E-state index in [1.54, 1.807) is 0 Å². The van der Waals surface area contributed by atoms with Crippen molar-refractivity contribution < 1.29 is 14.7 Å². The van der Waals surface area contributed by atoms with E-state index in [0.29, 0.717) is 16.8 Å². The standard InChI is InChI=1S/C14H17NO3S/c1-3-8-7(2)19-12(10(8)13(17)18)15-11(16)9-6-14(9)4-5-14/h9H,3-6H2,1-2H3,(H,15,16)(H,17,18). The molecule has 4 nitrogen and oxygen atoms in total. The summed E-state index contributed by atoms with van der Waals surface area (Å²) < 4.78 is 0. The number of thiophene rings is 1. The first-order valence-corrected chi connectivity index (χ1v) is 7.46. The third-order valence-electron chi connectivity index (χ3n) is 4.41. The second-order valence-corrected chi connectivity index (χ2v) is 6.83. The van der Waals surface area contributed by atoms with E-state index in [-0.39, 0.29) is 17.4 Å². The first-order valence-electron chi connectivity index (χ1n) is 6.65. The van der Waals surface area contributed by atoms with Gasteiger partial charge in [0.15, 0.2) is 0 Å². The molecule has 102 valence electrons. The van der Waals surface area contributed by atoms with Crippen molar-refractivity contribution in [3.8, 4) is 0 Å². The highest BCUT2D eigenvalue weighted by Gasteiger charge is 2.65. The van der Waals surface area contributed by atoms with Crippen molar-refractivity contribution in [2.24, 2.45) is 11.3 Å². The van der Waals surface area contributed by atoms with E-state index < -0.39 is 5.97 Å². The molecule has 1 unspecified atom stereocenters. The van der Waals surface area contributed by atoms with Crippen molar-refractivity contribution in [3.63, 3.8) is 0 Å². The first-order chi connectivity index (χ1) is 8.98. The van der Waals surface area contributed by atoms with Crippen LogP contribution in [-0.2, 0) is 11.2 Å². The zero-order valence-corrected chi connectivity index (χ0v) is 11.9. The lowest BCUT2D eigenvalue weighted by Crippen LogP contribution is -2.16. The molecule has 1 atom stereocenters. The van der Waals surface area contributed by atoms with Gasteiger partial charge < -0.3 is 10.4 Å². The predicted octanol–water partition coefficient (Wildman–Crippen LogP) is 3.06. The van der Waals surface area contributed by atoms with Gasteiger partial charge in [0, 0.05) is 10.8 Å². The fourth-order valence-electron chi connectivity index (χ4n) is 2.95. The van der Waals surface area contributed by atoms with Crippen LogP contribution in [0.3, 0.4) is 0 Å². The largest absolute Gasteiger partial charge is 0.478 e. The molecule has 2 fully saturated rings. The fraction of sp³-hybridized carbons (Fsp3) is 0.571. The average molecular weight is 279 g/mol. The Morgan fingerprint density at radius 3 is 2.63 bits per heavy atom. The summed E-state index contributed by atoms with van der Waals surface area (Å²) in [5.41, 5.74) is 1.42. The molecule has 19 heavy (non-hydrogen) atoms. The van der Waals surface area contributed by atoms with Gasteiger partial charge in [0.2, 0.25) is 5.91 Å². The third kappa shape index (κ3) is 1.96. The molecule has 3 rings (SSSR count). The van der Waals surface area contributed by atoms with Gasteiger partial charge in [0.05, 0.1) is 5.56 Å². The maximum absolute atomic E-state index is 12.1. The fourth-order valence-corrected chi connectivity index (χ4v) is 4.09. The second-order valence-electron chi connectivity index (χ2n) is 5.61. The smallest absolute Gasteiger partial charge is 0.339 e. The van der Waals surface area contributed by atoms with E-state index >= 15 is 0 Å². The summed E-state index contributed by atoms with van der Waals surface area (Å²) in [7, 11) is 0. The molecule has 0 aliphatic heterocycles. The summed E-state index contributed by atoms with van der Waals surface area (Å²) >= 11 is 1.38. The normalized spacial score (nSPS) is 22.3. The quantitative estimate of drug-likeness (QED) is 0.890. The lowest BCUT2D eigenvalue weighted by Gasteiger charge is -2.04. The van der Waals surface area contributed by atoms with E-state index in [1.807, 2.05) is 13.8 Å². The van der Waals surface area contributed by atoms with Crippen LogP contribution in [0.2, 0.25) is 0 Å². The maximum Gasteiger partial charge on any atom is 0.339 e. The van der Waals surface area contributed by atoms with Crippen molar-refractivity contribution in [2.75, 3.05) is 5.32 Å². The Labute approximate surface area is 115 Å². The minimum atomic E-state index is -0.951. The number of carboxylic acid groups (broad SMARTS) is 1. The van der Waals surface area contributed by atoms with E-state index in [4.69, 9.17) is 0 Å². The summed E-state index contributed by atoms with van der Waals surface area (Å²) in [6.45, 7) is 3.85. The average Bonchev–Trinajstić information content (AvgIpc) is 3.24. The number of nitrogens with one attached hydrogen (secondary N) is 1. The van der Waals surface area contributed by atoms with Gasteiger partial charge in [-0.3, -0.25) is 4.79 Å². The van der Waals surface area contributed by atoms with Crippen molar-refractivity contribution in [1.82, 2.24) is 0 Å². The van der Waals surface area contributed by atoms with Gasteiger partial charge in [-0.25, -0.2) is 4.79 Å². The molecule has 1 spiro atoms. The number of aromatic carboxylic acids is 1. The summed E-state index contributed by atoms with van der Waals surface area (Å²) in [6, 6.07) is 0. The molecule has 1 amide bonds. The number of carboxylic acids is 1. The summed E-state index contributed by atoms with van der Waals surface area (Å²) in [5.74, 6) is -0.834. The van der Waals surface area contributed by atoms with Crippen LogP contribution in [0.25, 0.3) is 0 Å². The highest BCUT2D eigenvalue weighted by molar-refractivity contribution is 7.16. The minimum absolute atomic E-state index is 0.00361. The molecular weight excluding hydrogens is 262 g/mol. The Morgan fingerprint density at radius 2 is 2.16 bits per heavy atom. The van der Waals surface area contributed by atoms with E-state index in [9.17, 15) is 14.7 Å². The first kappa shape index (κ1) is 12.7. The van der Waals surface area contributed by atoms with Crippen molar-refractivity contribution in [2.45, 2.75) is 39.5 Å². The van der Waals surface area contributed by atoms with Crippen molar-refractivity contribution in [3.05, 3.63) is 16.0 Å². The van der Waals surface area contributed by atoms with Gasteiger partial charge in [0.25, 0.3) is 0 Å². The molecule has 2 N–H and O–H groups in total. The predicted molar refractivity (Wildman–Crippen MR) is 73.8 cm³/mol. The second kappa shape index (κ2) is 4.07. The Kier molecular flexibility index (Phi) is 2.71. The van der Waals surface area contributed by atoms with E-state index in [0.717, 1.165) is 29.7 Å². The molecule has 2 aliphatic rings. The topological polar surface area (TPSA) is 66.4 Å². The zero-order valence-electron chi connectivity index (χ0n) is 11.1. The summed E-state index contributed by atoms with van der Waals surface area (Å²) in [6.07, 6.45) is 3.96. The molecule has 1 aromatic rings. The number of anilines is 1. The maximum atomic E-state index is 12.1. The molecule has 0 radical (unpaired) electrons. The molecule has 0 bridgehead atoms. The van der Waals surface area contributed by atoms with Gasteiger partial charge in [-0.15, -0.1) is 11.3 Å². The van der Waals surface area contributed by atoms with Crippen molar-refractivity contribution >= 4 is 28.2 Å². The van der Waals surface area contributed by atoms with Gasteiger partial charge in [-0.05, 0) is 43.6 Å². The molecule has 0 aromatic carbocycles. The Hall–Kier alpha value is -1.36. The van der Waals surface area contributed by atoms with E-state index in [1.165, 1.54) is 11.3 Å². The van der Waals surface area contributed by atoms with Gasteiger partial charge in [0.1, 0.15) is 5.00 Å². The number of amides is 1. The van der Waals surface area contributed by atoms with Gasteiger partial charge in [-0.1, -0.05) is 6.92 Å². The monoisotopic (exact) mass is 279 g/mol. The van der Waals surface area contributed by atoms with Crippen LogP contribution < -0.4 is 5.32 Å². The number of hydrogen-bond donors (Lipinski definition) is 2. The number of carbonyl (C=O) groups excluding carboxylic acids is 1. The van der Waals surface area contributed by atoms with Crippen LogP contribution in [0.5, 0.6) is 0 Å². The Bertz CT molecular complexity index is 571. The summed E-state index contributed by atoms with van der Waals surface area (Å²) in [5, 5.41) is 12.7. The number of hydrogen-bond acceptors (Lipinski definition) is 3. The molecular formula is C14H17NO3S. The minimum Gasteiger partial charge on any atom is -0.478 e. The van der Waals surface area contributed by atoms with Crippen molar-refractivity contribution in [1.29, 1.82) is 0 Å². The molecule has 1 heterocycles. The van der Waals surface area contributed by atoms with Crippen LogP contribution in [0.4, 0.5) is 5.00 Å². The Balaban J connectivity index is 1.84. The molecule has 2 saturated carbocycles. The third-order valence-corrected chi connectivity index (χ3v) is 5.47. The van der Waals surface area contributed by atoms with Crippen LogP contribution in [-0.4, -0.2) is 17.0 Å². The summed E-state index contributed by atoms with van der Waals surface area (Å²) in [4.78, 5) is 24.5. The SMILES string of the molecule is CCc1c(C)sc(NC(=O)C2CC23CC3)c1C(=O)O. The Morgan fingerprint density at radius 1 is 1.47 bits per heavy atom. The van der Waals surface area contributed by atoms with Crippen LogP contribution >= 0.6 is 11.3 Å². The molecule has 0 saturated heterocycles.